The highest BCUT2D eigenvalue weighted by Crippen LogP contribution is 2.45. The Morgan fingerprint density at radius 3 is 1.57 bits per heavy atom. The van der Waals surface area contributed by atoms with E-state index in [1.165, 1.54) is 54.9 Å². The first-order chi connectivity index (χ1) is 13.7. The summed E-state index contributed by atoms with van der Waals surface area (Å²) in [6.45, 7) is 4.43. The van der Waals surface area contributed by atoms with Crippen molar-refractivity contribution >= 4 is 21.5 Å². The van der Waals surface area contributed by atoms with Crippen LogP contribution in [0.5, 0.6) is 0 Å². The van der Waals surface area contributed by atoms with E-state index in [4.69, 9.17) is 0 Å². The minimum atomic E-state index is 1.26. The SMILES string of the molecule is Cc1cc(C)c2c(c1)c(-c1ccccc1)c(-c1ccccc1)c1ccccc12. The molecule has 0 bridgehead atoms. The molecule has 0 atom stereocenters. The number of fused-ring (bicyclic) bond motifs is 3. The van der Waals surface area contributed by atoms with Gasteiger partial charge in [0, 0.05) is 0 Å². The summed E-state index contributed by atoms with van der Waals surface area (Å²) in [5.41, 5.74) is 7.81. The van der Waals surface area contributed by atoms with E-state index in [-0.39, 0.29) is 0 Å². The first-order valence-corrected chi connectivity index (χ1v) is 9.80. The molecule has 5 aromatic rings. The Labute approximate surface area is 166 Å². The molecule has 0 radical (unpaired) electrons. The van der Waals surface area contributed by atoms with Gasteiger partial charge in [-0.1, -0.05) is 103 Å². The minimum Gasteiger partial charge on any atom is -0.0622 e. The lowest BCUT2D eigenvalue weighted by molar-refractivity contribution is 1.43. The van der Waals surface area contributed by atoms with Gasteiger partial charge < -0.3 is 0 Å². The summed E-state index contributed by atoms with van der Waals surface area (Å²) in [4.78, 5) is 0. The van der Waals surface area contributed by atoms with Crippen molar-refractivity contribution in [2.75, 3.05) is 0 Å². The molecule has 0 nitrogen and oxygen atoms in total. The Morgan fingerprint density at radius 1 is 0.464 bits per heavy atom. The van der Waals surface area contributed by atoms with Gasteiger partial charge in [-0.15, -0.1) is 0 Å². The molecule has 0 unspecified atom stereocenters. The van der Waals surface area contributed by atoms with Gasteiger partial charge in [0.1, 0.15) is 0 Å². The first kappa shape index (κ1) is 16.8. The van der Waals surface area contributed by atoms with Crippen LogP contribution in [0.4, 0.5) is 0 Å². The van der Waals surface area contributed by atoms with E-state index in [0.29, 0.717) is 0 Å². The van der Waals surface area contributed by atoms with Crippen molar-refractivity contribution in [2.24, 2.45) is 0 Å². The second-order valence-corrected chi connectivity index (χ2v) is 7.53. The third kappa shape index (κ3) is 2.61. The molecule has 5 aromatic carbocycles. The predicted octanol–water partition coefficient (Wildman–Crippen LogP) is 7.94. The fraction of sp³-hybridized carbons (Fsp3) is 0.0714. The minimum absolute atomic E-state index is 1.26. The van der Waals surface area contributed by atoms with E-state index in [1.54, 1.807) is 0 Å². The summed E-state index contributed by atoms with van der Waals surface area (Å²) in [6.07, 6.45) is 0. The normalized spacial score (nSPS) is 11.2. The Bertz CT molecular complexity index is 1300. The van der Waals surface area contributed by atoms with Crippen LogP contribution < -0.4 is 0 Å². The van der Waals surface area contributed by atoms with Crippen molar-refractivity contribution in [3.63, 3.8) is 0 Å². The topological polar surface area (TPSA) is 0 Å². The zero-order valence-corrected chi connectivity index (χ0v) is 16.2. The molecule has 134 valence electrons. The smallest absolute Gasteiger partial charge is 0.00202 e. The molecule has 0 fully saturated rings. The van der Waals surface area contributed by atoms with Crippen molar-refractivity contribution in [1.82, 2.24) is 0 Å². The summed E-state index contributed by atoms with van der Waals surface area (Å²) in [5.74, 6) is 0. The number of benzene rings is 5. The van der Waals surface area contributed by atoms with E-state index in [0.717, 1.165) is 0 Å². The maximum absolute atomic E-state index is 2.35. The quantitative estimate of drug-likeness (QED) is 0.281. The highest BCUT2D eigenvalue weighted by molar-refractivity contribution is 6.22. The molecule has 0 aliphatic heterocycles. The Hall–Kier alpha value is -3.38. The third-order valence-corrected chi connectivity index (χ3v) is 5.59. The van der Waals surface area contributed by atoms with Crippen molar-refractivity contribution in [1.29, 1.82) is 0 Å². The van der Waals surface area contributed by atoms with Gasteiger partial charge in [-0.2, -0.15) is 0 Å². The molecule has 0 aliphatic carbocycles. The van der Waals surface area contributed by atoms with Crippen LogP contribution in [0, 0.1) is 13.8 Å². The fourth-order valence-corrected chi connectivity index (χ4v) is 4.52. The highest BCUT2D eigenvalue weighted by atomic mass is 14.2. The molecule has 0 N–H and O–H groups in total. The van der Waals surface area contributed by atoms with Crippen molar-refractivity contribution in [2.45, 2.75) is 13.8 Å². The monoisotopic (exact) mass is 358 g/mol. The van der Waals surface area contributed by atoms with Gasteiger partial charge in [-0.05, 0) is 63.2 Å². The van der Waals surface area contributed by atoms with Gasteiger partial charge in [0.05, 0.1) is 0 Å². The Kier molecular flexibility index (Phi) is 3.98. The van der Waals surface area contributed by atoms with Gasteiger partial charge in [0.2, 0.25) is 0 Å². The molecule has 0 heterocycles. The van der Waals surface area contributed by atoms with E-state index < -0.39 is 0 Å². The van der Waals surface area contributed by atoms with Gasteiger partial charge in [-0.3, -0.25) is 0 Å². The maximum atomic E-state index is 2.35. The second kappa shape index (κ2) is 6.65. The van der Waals surface area contributed by atoms with Crippen LogP contribution in [0.3, 0.4) is 0 Å². The van der Waals surface area contributed by atoms with Crippen LogP contribution in [0.25, 0.3) is 43.8 Å². The molecule has 0 saturated carbocycles. The number of hydrogen-bond donors (Lipinski definition) is 0. The molecule has 0 spiro atoms. The van der Waals surface area contributed by atoms with Gasteiger partial charge >= 0.3 is 0 Å². The first-order valence-electron chi connectivity index (χ1n) is 9.80. The van der Waals surface area contributed by atoms with Crippen LogP contribution in [-0.4, -0.2) is 0 Å². The lowest BCUT2D eigenvalue weighted by Gasteiger charge is -2.20. The summed E-state index contributed by atoms with van der Waals surface area (Å²) in [6, 6.07) is 35.1. The zero-order valence-electron chi connectivity index (χ0n) is 16.2. The second-order valence-electron chi connectivity index (χ2n) is 7.53. The number of hydrogen-bond acceptors (Lipinski definition) is 0. The molecule has 0 saturated heterocycles. The summed E-state index contributed by atoms with van der Waals surface area (Å²) >= 11 is 0. The highest BCUT2D eigenvalue weighted by Gasteiger charge is 2.18. The Balaban J connectivity index is 2.10. The van der Waals surface area contributed by atoms with E-state index in [1.807, 2.05) is 0 Å². The van der Waals surface area contributed by atoms with Crippen molar-refractivity contribution in [3.05, 3.63) is 108 Å². The van der Waals surface area contributed by atoms with Gasteiger partial charge in [0.15, 0.2) is 0 Å². The van der Waals surface area contributed by atoms with Crippen LogP contribution in [0.1, 0.15) is 11.1 Å². The molecule has 5 rings (SSSR count). The van der Waals surface area contributed by atoms with Crippen molar-refractivity contribution < 1.29 is 0 Å². The molecule has 28 heavy (non-hydrogen) atoms. The summed E-state index contributed by atoms with van der Waals surface area (Å²) < 4.78 is 0. The molecular weight excluding hydrogens is 336 g/mol. The van der Waals surface area contributed by atoms with Gasteiger partial charge in [0.25, 0.3) is 0 Å². The zero-order chi connectivity index (χ0) is 19.1. The average Bonchev–Trinajstić information content (AvgIpc) is 2.73. The third-order valence-electron chi connectivity index (χ3n) is 5.59. The van der Waals surface area contributed by atoms with Crippen LogP contribution in [-0.2, 0) is 0 Å². The van der Waals surface area contributed by atoms with Crippen LogP contribution in [0.15, 0.2) is 97.1 Å². The largest absolute Gasteiger partial charge is 0.0622 e. The molecule has 0 aliphatic rings. The van der Waals surface area contributed by atoms with Gasteiger partial charge in [-0.25, -0.2) is 0 Å². The molecule has 0 aromatic heterocycles. The van der Waals surface area contributed by atoms with E-state index >= 15 is 0 Å². The molecule has 0 heteroatoms. The molecule has 0 amide bonds. The molecular formula is C28H22. The van der Waals surface area contributed by atoms with Crippen molar-refractivity contribution in [3.8, 4) is 22.3 Å². The van der Waals surface area contributed by atoms with Crippen LogP contribution >= 0.6 is 0 Å². The summed E-state index contributed by atoms with van der Waals surface area (Å²) in [7, 11) is 0. The Morgan fingerprint density at radius 2 is 0.964 bits per heavy atom. The fourth-order valence-electron chi connectivity index (χ4n) is 4.52. The standard InChI is InChI=1S/C28H22/c1-19-17-20(2)26-23-15-9-10-16-24(23)27(21-11-5-3-6-12-21)28(25(26)18-19)22-13-7-4-8-14-22/h3-18H,1-2H3. The number of aryl methyl sites for hydroxylation is 2. The van der Waals surface area contributed by atoms with E-state index in [2.05, 4.69) is 111 Å². The lowest BCUT2D eigenvalue weighted by Crippen LogP contribution is -1.93. The van der Waals surface area contributed by atoms with E-state index in [9.17, 15) is 0 Å². The maximum Gasteiger partial charge on any atom is -0.00202 e. The predicted molar refractivity (Wildman–Crippen MR) is 122 cm³/mol. The number of rotatable bonds is 2. The van der Waals surface area contributed by atoms with Crippen LogP contribution in [0.2, 0.25) is 0 Å². The lowest BCUT2D eigenvalue weighted by atomic mass is 9.83. The summed E-state index contributed by atoms with van der Waals surface area (Å²) in [5, 5.41) is 5.33. The average molecular weight is 358 g/mol.